The van der Waals surface area contributed by atoms with E-state index in [4.69, 9.17) is 11.3 Å². The fourth-order valence-corrected chi connectivity index (χ4v) is 7.50. The third-order valence-corrected chi connectivity index (χ3v) is 9.57. The zero-order valence-electron chi connectivity index (χ0n) is 29.0. The van der Waals surface area contributed by atoms with Gasteiger partial charge in [0.25, 0.3) is 0 Å². The Bertz CT molecular complexity index is 2730. The van der Waals surface area contributed by atoms with Crippen molar-refractivity contribution in [3.8, 4) is 22.3 Å². The van der Waals surface area contributed by atoms with Gasteiger partial charge in [0.05, 0.1) is 6.85 Å². The molecule has 0 N–H and O–H groups in total. The molecule has 0 amide bonds. The van der Waals surface area contributed by atoms with E-state index in [-0.39, 0.29) is 29.9 Å². The van der Waals surface area contributed by atoms with Crippen LogP contribution in [-0.2, 0) is 0 Å². The van der Waals surface area contributed by atoms with Crippen LogP contribution in [0.2, 0.25) is 0 Å². The largest absolute Gasteiger partial charge is 0.455 e. The lowest BCUT2D eigenvalue weighted by Crippen LogP contribution is -2.09. The monoisotopic (exact) mass is 598 g/mol. The molecule has 0 saturated carbocycles. The highest BCUT2D eigenvalue weighted by Crippen LogP contribution is 2.47. The number of benzene rings is 7. The molecule has 7 aromatic carbocycles. The van der Waals surface area contributed by atoms with E-state index in [1.165, 1.54) is 4.70 Å². The lowest BCUT2D eigenvalue weighted by molar-refractivity contribution is 0.673. The summed E-state index contributed by atoms with van der Waals surface area (Å²) in [5, 5.41) is 4.36. The second-order valence-electron chi connectivity index (χ2n) is 11.0. The number of anilines is 3. The molecule has 0 aliphatic rings. The fraction of sp³-hybridized carbons (Fsp3) is 0. The Morgan fingerprint density at radius 1 is 0.533 bits per heavy atom. The number of hydrogen-bond donors (Lipinski definition) is 0. The zero-order valence-corrected chi connectivity index (χ0v) is 24.8. The Balaban J connectivity index is 1.23. The highest BCUT2D eigenvalue weighted by Gasteiger charge is 2.20. The van der Waals surface area contributed by atoms with E-state index in [0.29, 0.717) is 11.4 Å². The van der Waals surface area contributed by atoms with Crippen LogP contribution in [0.3, 0.4) is 0 Å². The minimum absolute atomic E-state index is 0.0920. The van der Waals surface area contributed by atoms with Crippen LogP contribution >= 0.6 is 11.3 Å². The van der Waals surface area contributed by atoms with Crippen molar-refractivity contribution in [3.05, 3.63) is 164 Å². The van der Waals surface area contributed by atoms with Gasteiger partial charge in [0.1, 0.15) is 11.2 Å². The summed E-state index contributed by atoms with van der Waals surface area (Å²) in [4.78, 5) is 1.75. The molecule has 2 nitrogen and oxygen atoms in total. The summed E-state index contributed by atoms with van der Waals surface area (Å²) < 4.78 is 51.6. The Morgan fingerprint density at radius 2 is 1.16 bits per heavy atom. The van der Waals surface area contributed by atoms with Crippen molar-refractivity contribution in [2.75, 3.05) is 4.90 Å². The Hall–Kier alpha value is -5.64. The van der Waals surface area contributed by atoms with Crippen molar-refractivity contribution < 1.29 is 11.3 Å². The van der Waals surface area contributed by atoms with Crippen LogP contribution in [0.5, 0.6) is 0 Å². The topological polar surface area (TPSA) is 16.4 Å². The first kappa shape index (κ1) is 21.1. The van der Waals surface area contributed by atoms with Crippen LogP contribution < -0.4 is 4.90 Å². The van der Waals surface area contributed by atoms with Gasteiger partial charge in [-0.25, -0.2) is 0 Å². The highest BCUT2D eigenvalue weighted by molar-refractivity contribution is 7.26. The quantitative estimate of drug-likeness (QED) is 0.196. The van der Waals surface area contributed by atoms with Crippen LogP contribution in [0.1, 0.15) is 6.85 Å². The molecule has 45 heavy (non-hydrogen) atoms. The molecule has 2 aromatic heterocycles. The number of rotatable bonds is 5. The molecule has 9 aromatic rings. The van der Waals surface area contributed by atoms with E-state index < -0.39 is 6.04 Å². The third-order valence-electron chi connectivity index (χ3n) is 8.37. The Morgan fingerprint density at radius 3 is 1.91 bits per heavy atom. The first-order chi connectivity index (χ1) is 24.4. The van der Waals surface area contributed by atoms with Gasteiger partial charge in [-0.2, -0.15) is 0 Å². The zero-order chi connectivity index (χ0) is 34.1. The molecule has 3 heteroatoms. The normalized spacial score (nSPS) is 13.1. The summed E-state index contributed by atoms with van der Waals surface area (Å²) in [5.74, 6) is 0. The molecule has 0 radical (unpaired) electrons. The van der Waals surface area contributed by atoms with E-state index in [1.807, 2.05) is 97.1 Å². The predicted octanol–water partition coefficient (Wildman–Crippen LogP) is 12.8. The summed E-state index contributed by atoms with van der Waals surface area (Å²) in [6.45, 7) is 0. The van der Waals surface area contributed by atoms with E-state index in [0.717, 1.165) is 59.7 Å². The van der Waals surface area contributed by atoms with Crippen molar-refractivity contribution in [3.63, 3.8) is 0 Å². The van der Waals surface area contributed by atoms with Crippen molar-refractivity contribution >= 4 is 70.5 Å². The smallest absolute Gasteiger partial charge is 0.144 e. The maximum absolute atomic E-state index is 8.87. The summed E-state index contributed by atoms with van der Waals surface area (Å²) in [6.07, 6.45) is 0. The molecular weight excluding hydrogens is 567 g/mol. The minimum atomic E-state index is -0.423. The average Bonchev–Trinajstić information content (AvgIpc) is 3.74. The lowest BCUT2D eigenvalue weighted by Gasteiger charge is -2.26. The molecule has 212 valence electrons. The molecule has 0 aliphatic carbocycles. The SMILES string of the molecule is [2H]c1c([2H])c([2H])c(N(c2ccc(-c3ccccc3)cc2)c2ccc(-c3cc4c5ccccc5oc4c4c3sc3ccccc34)cc2)c([2H])c1[2H]. The molecule has 0 spiro atoms. The van der Waals surface area contributed by atoms with Crippen molar-refractivity contribution in [2.24, 2.45) is 0 Å². The van der Waals surface area contributed by atoms with Gasteiger partial charge in [-0.05, 0) is 71.2 Å². The second kappa shape index (κ2) is 10.5. The van der Waals surface area contributed by atoms with E-state index in [1.54, 1.807) is 16.2 Å². The number of hydrogen-bond acceptors (Lipinski definition) is 3. The Kier molecular flexibility index (Phi) is 4.94. The van der Waals surface area contributed by atoms with Gasteiger partial charge in [-0.15, -0.1) is 11.3 Å². The number of fused-ring (bicyclic) bond motifs is 7. The van der Waals surface area contributed by atoms with Crippen LogP contribution in [-0.4, -0.2) is 0 Å². The molecule has 2 heterocycles. The molecule has 0 aliphatic heterocycles. The van der Waals surface area contributed by atoms with Gasteiger partial charge in [-0.1, -0.05) is 109 Å². The van der Waals surface area contributed by atoms with Gasteiger partial charge >= 0.3 is 0 Å². The number of para-hydroxylation sites is 2. The van der Waals surface area contributed by atoms with Crippen LogP contribution in [0.25, 0.3) is 64.4 Å². The number of nitrogens with zero attached hydrogens (tertiary/aromatic N) is 1. The van der Waals surface area contributed by atoms with E-state index in [2.05, 4.69) is 36.4 Å². The number of thiophene rings is 1. The summed E-state index contributed by atoms with van der Waals surface area (Å²) in [5.41, 5.74) is 7.31. The van der Waals surface area contributed by atoms with Gasteiger partial charge in [0.15, 0.2) is 0 Å². The summed E-state index contributed by atoms with van der Waals surface area (Å²) in [7, 11) is 0. The molecule has 9 rings (SSSR count). The van der Waals surface area contributed by atoms with Crippen molar-refractivity contribution in [2.45, 2.75) is 0 Å². The summed E-state index contributed by atoms with van der Waals surface area (Å²) in [6, 6.07) is 42.9. The molecule has 0 bridgehead atoms. The standard InChI is InChI=1S/C42H27NOS/c1-3-11-28(12-4-1)29-19-23-32(24-20-29)43(31-13-5-2-6-14-31)33-25-21-30(22-26-33)36-27-37-34-15-7-9-17-38(34)44-41(37)40-35-16-8-10-18-39(35)45-42(36)40/h1-27H/i2D,5D,6D,13D,14D. The van der Waals surface area contributed by atoms with E-state index in [9.17, 15) is 0 Å². The molecule has 0 saturated heterocycles. The molecular formula is C42H27NOS. The Labute approximate surface area is 272 Å². The van der Waals surface area contributed by atoms with Crippen LogP contribution in [0.15, 0.2) is 168 Å². The molecule has 0 fully saturated rings. The van der Waals surface area contributed by atoms with Gasteiger partial charge in [0, 0.05) is 53.6 Å². The molecule has 0 unspecified atom stereocenters. The van der Waals surface area contributed by atoms with Crippen LogP contribution in [0.4, 0.5) is 17.1 Å². The maximum atomic E-state index is 8.87. The predicted molar refractivity (Wildman–Crippen MR) is 192 cm³/mol. The fourth-order valence-electron chi connectivity index (χ4n) is 6.27. The second-order valence-corrected chi connectivity index (χ2v) is 12.0. The lowest BCUT2D eigenvalue weighted by atomic mass is 9.98. The van der Waals surface area contributed by atoms with Gasteiger partial charge in [0.2, 0.25) is 0 Å². The third kappa shape index (κ3) is 4.32. The van der Waals surface area contributed by atoms with Crippen molar-refractivity contribution in [1.29, 1.82) is 0 Å². The minimum Gasteiger partial charge on any atom is -0.455 e. The average molecular weight is 599 g/mol. The first-order valence-corrected chi connectivity index (χ1v) is 15.6. The van der Waals surface area contributed by atoms with Crippen molar-refractivity contribution in [1.82, 2.24) is 0 Å². The van der Waals surface area contributed by atoms with Gasteiger partial charge < -0.3 is 9.32 Å². The van der Waals surface area contributed by atoms with E-state index >= 15 is 0 Å². The van der Waals surface area contributed by atoms with Gasteiger partial charge in [-0.3, -0.25) is 0 Å². The highest BCUT2D eigenvalue weighted by atomic mass is 32.1. The maximum Gasteiger partial charge on any atom is 0.144 e. The number of furan rings is 1. The van der Waals surface area contributed by atoms with Crippen LogP contribution in [0, 0.1) is 0 Å². The molecule has 0 atom stereocenters. The summed E-state index contributed by atoms with van der Waals surface area (Å²) >= 11 is 1.74. The first-order valence-electron chi connectivity index (χ1n) is 17.3.